The Balaban J connectivity index is 2.16. The zero-order valence-corrected chi connectivity index (χ0v) is 12.1. The molecule has 0 bridgehead atoms. The van der Waals surface area contributed by atoms with E-state index in [1.807, 2.05) is 18.2 Å². The van der Waals surface area contributed by atoms with Gasteiger partial charge in [0.2, 0.25) is 10.0 Å². The molecule has 0 aliphatic heterocycles. The van der Waals surface area contributed by atoms with Crippen molar-refractivity contribution in [2.75, 3.05) is 11.1 Å². The molecule has 2 aromatic carbocycles. The molecule has 0 atom stereocenters. The quantitative estimate of drug-likeness (QED) is 0.754. The van der Waals surface area contributed by atoms with Crippen molar-refractivity contribution in [2.45, 2.75) is 11.4 Å². The zero-order chi connectivity index (χ0) is 14.8. The van der Waals surface area contributed by atoms with Crippen LogP contribution in [0.4, 0.5) is 11.4 Å². The largest absolute Gasteiger partial charge is 0.398 e. The second kappa shape index (κ2) is 5.70. The molecule has 7 heteroatoms. The van der Waals surface area contributed by atoms with E-state index in [9.17, 15) is 8.42 Å². The summed E-state index contributed by atoms with van der Waals surface area (Å²) in [6.45, 7) is 0.508. The van der Waals surface area contributed by atoms with Gasteiger partial charge in [-0.1, -0.05) is 29.8 Å². The Bertz CT molecular complexity index is 732. The van der Waals surface area contributed by atoms with Crippen LogP contribution in [0.25, 0.3) is 0 Å². The third-order valence-electron chi connectivity index (χ3n) is 2.76. The fourth-order valence-corrected chi connectivity index (χ4v) is 2.60. The Labute approximate surface area is 122 Å². The SMILES string of the molecule is Nc1cc(NCc2ccccc2Cl)ccc1S(N)(=O)=O. The van der Waals surface area contributed by atoms with Gasteiger partial charge in [0.15, 0.2) is 0 Å². The summed E-state index contributed by atoms with van der Waals surface area (Å²) in [5.41, 5.74) is 7.41. The second-order valence-corrected chi connectivity index (χ2v) is 6.18. The molecule has 0 amide bonds. The van der Waals surface area contributed by atoms with Gasteiger partial charge in [-0.15, -0.1) is 0 Å². The molecule has 106 valence electrons. The summed E-state index contributed by atoms with van der Waals surface area (Å²) >= 11 is 6.05. The number of hydrogen-bond donors (Lipinski definition) is 3. The van der Waals surface area contributed by atoms with Gasteiger partial charge in [0.25, 0.3) is 0 Å². The number of hydrogen-bond acceptors (Lipinski definition) is 4. The molecule has 0 saturated carbocycles. The monoisotopic (exact) mass is 311 g/mol. The molecule has 5 nitrogen and oxygen atoms in total. The van der Waals surface area contributed by atoms with Gasteiger partial charge in [0.1, 0.15) is 4.90 Å². The van der Waals surface area contributed by atoms with Gasteiger partial charge < -0.3 is 11.1 Å². The van der Waals surface area contributed by atoms with E-state index in [1.54, 1.807) is 12.1 Å². The molecule has 0 fully saturated rings. The molecule has 0 unspecified atom stereocenters. The van der Waals surface area contributed by atoms with Crippen LogP contribution in [-0.4, -0.2) is 8.42 Å². The van der Waals surface area contributed by atoms with E-state index in [-0.39, 0.29) is 10.6 Å². The third-order valence-corrected chi connectivity index (χ3v) is 4.11. The zero-order valence-electron chi connectivity index (χ0n) is 10.5. The molecular weight excluding hydrogens is 298 g/mol. The van der Waals surface area contributed by atoms with Crippen molar-refractivity contribution in [1.82, 2.24) is 0 Å². The Morgan fingerprint density at radius 1 is 1.15 bits per heavy atom. The molecule has 0 spiro atoms. The Morgan fingerprint density at radius 2 is 1.85 bits per heavy atom. The topological polar surface area (TPSA) is 98.2 Å². The van der Waals surface area contributed by atoms with Gasteiger partial charge in [-0.25, -0.2) is 13.6 Å². The highest BCUT2D eigenvalue weighted by Crippen LogP contribution is 2.22. The maximum Gasteiger partial charge on any atom is 0.240 e. The summed E-state index contributed by atoms with van der Waals surface area (Å²) < 4.78 is 22.5. The molecule has 0 heterocycles. The van der Waals surface area contributed by atoms with Crippen molar-refractivity contribution in [2.24, 2.45) is 5.14 Å². The molecule has 5 N–H and O–H groups in total. The van der Waals surface area contributed by atoms with Crippen molar-refractivity contribution >= 4 is 33.0 Å². The first-order valence-corrected chi connectivity index (χ1v) is 7.70. The van der Waals surface area contributed by atoms with Gasteiger partial charge in [0, 0.05) is 17.3 Å². The van der Waals surface area contributed by atoms with E-state index < -0.39 is 10.0 Å². The summed E-state index contributed by atoms with van der Waals surface area (Å²) in [4.78, 5) is -0.0826. The first-order chi connectivity index (χ1) is 9.38. The number of rotatable bonds is 4. The average Bonchev–Trinajstić information content (AvgIpc) is 2.36. The molecule has 0 aromatic heterocycles. The van der Waals surface area contributed by atoms with E-state index >= 15 is 0 Å². The smallest absolute Gasteiger partial charge is 0.240 e. The summed E-state index contributed by atoms with van der Waals surface area (Å²) in [5.74, 6) is 0. The molecule has 20 heavy (non-hydrogen) atoms. The predicted octanol–water partition coefficient (Wildman–Crippen LogP) is 2.18. The lowest BCUT2D eigenvalue weighted by Gasteiger charge is -2.10. The highest BCUT2D eigenvalue weighted by atomic mass is 35.5. The van der Waals surface area contributed by atoms with Gasteiger partial charge >= 0.3 is 0 Å². The molecule has 0 aliphatic carbocycles. The van der Waals surface area contributed by atoms with Crippen LogP contribution in [0, 0.1) is 0 Å². The second-order valence-electron chi connectivity index (χ2n) is 4.24. The molecular formula is C13H14ClN3O2S. The van der Waals surface area contributed by atoms with Gasteiger partial charge in [0.05, 0.1) is 5.69 Å². The van der Waals surface area contributed by atoms with Crippen molar-refractivity contribution < 1.29 is 8.42 Å². The first-order valence-electron chi connectivity index (χ1n) is 5.77. The molecule has 0 saturated heterocycles. The number of nitrogens with two attached hydrogens (primary N) is 2. The van der Waals surface area contributed by atoms with Crippen LogP contribution < -0.4 is 16.2 Å². The van der Waals surface area contributed by atoms with Gasteiger partial charge in [-0.2, -0.15) is 0 Å². The lowest BCUT2D eigenvalue weighted by molar-refractivity contribution is 0.598. The number of primary sulfonamides is 1. The lowest BCUT2D eigenvalue weighted by atomic mass is 10.2. The normalized spacial score (nSPS) is 11.3. The summed E-state index contributed by atoms with van der Waals surface area (Å²) in [5, 5.41) is 8.83. The van der Waals surface area contributed by atoms with E-state index in [2.05, 4.69) is 5.32 Å². The first kappa shape index (κ1) is 14.6. The van der Waals surface area contributed by atoms with E-state index in [0.717, 1.165) is 5.56 Å². The third kappa shape index (κ3) is 3.41. The van der Waals surface area contributed by atoms with Crippen LogP contribution in [0.5, 0.6) is 0 Å². The van der Waals surface area contributed by atoms with E-state index in [0.29, 0.717) is 17.3 Å². The van der Waals surface area contributed by atoms with Crippen molar-refractivity contribution in [3.8, 4) is 0 Å². The number of benzene rings is 2. The minimum absolute atomic E-state index is 0.0826. The van der Waals surface area contributed by atoms with Crippen molar-refractivity contribution in [3.05, 3.63) is 53.1 Å². The number of anilines is 2. The van der Waals surface area contributed by atoms with Crippen LogP contribution >= 0.6 is 11.6 Å². The number of sulfonamides is 1. The average molecular weight is 312 g/mol. The van der Waals surface area contributed by atoms with Crippen LogP contribution in [-0.2, 0) is 16.6 Å². The number of halogens is 1. The van der Waals surface area contributed by atoms with E-state index in [4.69, 9.17) is 22.5 Å². The molecule has 2 aromatic rings. The highest BCUT2D eigenvalue weighted by molar-refractivity contribution is 7.89. The Kier molecular flexibility index (Phi) is 4.17. The molecule has 0 radical (unpaired) electrons. The van der Waals surface area contributed by atoms with Crippen LogP contribution in [0.3, 0.4) is 0 Å². The maximum atomic E-state index is 11.2. The molecule has 0 aliphatic rings. The summed E-state index contributed by atoms with van der Waals surface area (Å²) in [6.07, 6.45) is 0. The Morgan fingerprint density at radius 3 is 2.45 bits per heavy atom. The maximum absolute atomic E-state index is 11.2. The van der Waals surface area contributed by atoms with Crippen molar-refractivity contribution in [1.29, 1.82) is 0 Å². The van der Waals surface area contributed by atoms with Crippen LogP contribution in [0.15, 0.2) is 47.4 Å². The lowest BCUT2D eigenvalue weighted by Crippen LogP contribution is -2.14. The predicted molar refractivity (Wildman–Crippen MR) is 81.0 cm³/mol. The highest BCUT2D eigenvalue weighted by Gasteiger charge is 2.12. The fourth-order valence-electron chi connectivity index (χ4n) is 1.76. The number of nitrogen functional groups attached to an aromatic ring is 1. The summed E-state index contributed by atoms with van der Waals surface area (Å²) in [7, 11) is -3.80. The summed E-state index contributed by atoms with van der Waals surface area (Å²) in [6, 6.07) is 11.9. The Hall–Kier alpha value is -1.76. The fraction of sp³-hybridized carbons (Fsp3) is 0.0769. The standard InChI is InChI=1S/C13H14ClN3O2S/c14-11-4-2-1-3-9(11)8-17-10-5-6-13(12(15)7-10)20(16,18)19/h1-7,17H,8,15H2,(H2,16,18,19). The van der Waals surface area contributed by atoms with Crippen LogP contribution in [0.1, 0.15) is 5.56 Å². The molecule has 2 rings (SSSR count). The number of nitrogens with one attached hydrogen (secondary N) is 1. The van der Waals surface area contributed by atoms with Gasteiger partial charge in [-0.3, -0.25) is 0 Å². The van der Waals surface area contributed by atoms with E-state index in [1.165, 1.54) is 12.1 Å². The van der Waals surface area contributed by atoms with Crippen molar-refractivity contribution in [3.63, 3.8) is 0 Å². The minimum atomic E-state index is -3.80. The van der Waals surface area contributed by atoms with Gasteiger partial charge in [-0.05, 0) is 29.8 Å². The van der Waals surface area contributed by atoms with Crippen LogP contribution in [0.2, 0.25) is 5.02 Å². The minimum Gasteiger partial charge on any atom is -0.398 e.